The molecule has 1 N–H and O–H groups in total. The molecule has 90 valence electrons. The van der Waals surface area contributed by atoms with Gasteiger partial charge in [0.15, 0.2) is 0 Å². The van der Waals surface area contributed by atoms with Crippen LogP contribution in [-0.4, -0.2) is 18.6 Å². The van der Waals surface area contributed by atoms with Crippen LogP contribution in [-0.2, 0) is 10.0 Å². The van der Waals surface area contributed by atoms with Crippen LogP contribution in [0.5, 0.6) is 0 Å². The van der Waals surface area contributed by atoms with Gasteiger partial charge in [-0.15, -0.1) is 0 Å². The largest absolute Gasteiger partial charge is 0.338 e. The van der Waals surface area contributed by atoms with E-state index in [1.807, 2.05) is 0 Å². The fourth-order valence-corrected chi connectivity index (χ4v) is 2.60. The van der Waals surface area contributed by atoms with Crippen molar-refractivity contribution in [3.8, 4) is 0 Å². The molecule has 8 heteroatoms. The summed E-state index contributed by atoms with van der Waals surface area (Å²) in [5, 5.41) is 3.47. The van der Waals surface area contributed by atoms with Crippen LogP contribution >= 0.6 is 11.6 Å². The average molecular weight is 274 g/mol. The van der Waals surface area contributed by atoms with Crippen LogP contribution in [0.2, 0.25) is 5.15 Å². The number of anilines is 1. The van der Waals surface area contributed by atoms with E-state index in [4.69, 9.17) is 16.1 Å². The van der Waals surface area contributed by atoms with Gasteiger partial charge in [0.2, 0.25) is 5.88 Å². The lowest BCUT2D eigenvalue weighted by molar-refractivity contribution is 0.430. The first-order valence-electron chi connectivity index (χ1n) is 4.56. The lowest BCUT2D eigenvalue weighted by atomic mass is 10.5. The summed E-state index contributed by atoms with van der Waals surface area (Å²) in [6.45, 7) is 1.68. The van der Waals surface area contributed by atoms with Crippen molar-refractivity contribution in [2.75, 3.05) is 4.72 Å². The van der Waals surface area contributed by atoms with Crippen molar-refractivity contribution in [3.05, 3.63) is 35.2 Å². The molecule has 0 fully saturated rings. The normalized spacial score (nSPS) is 11.4. The molecule has 2 aromatic heterocycles. The maximum atomic E-state index is 11.9. The minimum atomic E-state index is -3.81. The van der Waals surface area contributed by atoms with Crippen molar-refractivity contribution in [1.82, 2.24) is 10.1 Å². The van der Waals surface area contributed by atoms with Gasteiger partial charge in [0, 0.05) is 12.3 Å². The first-order chi connectivity index (χ1) is 7.99. The van der Waals surface area contributed by atoms with Gasteiger partial charge in [0.05, 0.1) is 5.69 Å². The summed E-state index contributed by atoms with van der Waals surface area (Å²) in [6.07, 6.45) is 1.40. The summed E-state index contributed by atoms with van der Waals surface area (Å²) in [6, 6.07) is 4.29. The zero-order valence-electron chi connectivity index (χ0n) is 8.71. The van der Waals surface area contributed by atoms with Gasteiger partial charge in [-0.1, -0.05) is 16.8 Å². The molecule has 0 aliphatic rings. The van der Waals surface area contributed by atoms with Crippen molar-refractivity contribution in [3.63, 3.8) is 0 Å². The van der Waals surface area contributed by atoms with E-state index in [0.717, 1.165) is 0 Å². The number of aryl methyl sites for hydroxylation is 1. The maximum Gasteiger partial charge on any atom is 0.267 e. The lowest BCUT2D eigenvalue weighted by Gasteiger charge is -2.05. The Hall–Kier alpha value is -1.60. The van der Waals surface area contributed by atoms with Crippen LogP contribution in [0.25, 0.3) is 0 Å². The quantitative estimate of drug-likeness (QED) is 0.863. The number of rotatable bonds is 3. The number of aromatic nitrogens is 2. The molecule has 2 rings (SSSR count). The molecular weight excluding hydrogens is 266 g/mol. The van der Waals surface area contributed by atoms with E-state index < -0.39 is 10.0 Å². The van der Waals surface area contributed by atoms with Gasteiger partial charge in [-0.3, -0.25) is 0 Å². The highest BCUT2D eigenvalue weighted by atomic mass is 35.5. The monoisotopic (exact) mass is 273 g/mol. The lowest BCUT2D eigenvalue weighted by Crippen LogP contribution is -2.13. The molecule has 17 heavy (non-hydrogen) atoms. The van der Waals surface area contributed by atoms with Crippen LogP contribution in [0.4, 0.5) is 5.88 Å². The predicted molar refractivity (Wildman–Crippen MR) is 61.3 cm³/mol. The van der Waals surface area contributed by atoms with Crippen molar-refractivity contribution >= 4 is 27.5 Å². The van der Waals surface area contributed by atoms with Crippen LogP contribution in [0.3, 0.4) is 0 Å². The zero-order valence-corrected chi connectivity index (χ0v) is 10.3. The molecule has 0 amide bonds. The molecule has 2 heterocycles. The van der Waals surface area contributed by atoms with E-state index >= 15 is 0 Å². The summed E-state index contributed by atoms with van der Waals surface area (Å²) < 4.78 is 30.8. The molecule has 0 aromatic carbocycles. The summed E-state index contributed by atoms with van der Waals surface area (Å²) in [5.41, 5.74) is 0.569. The minimum Gasteiger partial charge on any atom is -0.338 e. The molecule has 0 bridgehead atoms. The molecule has 0 saturated carbocycles. The van der Waals surface area contributed by atoms with E-state index in [1.165, 1.54) is 24.4 Å². The Labute approximate surface area is 103 Å². The number of sulfonamides is 1. The molecule has 0 aliphatic heterocycles. The number of halogens is 1. The van der Waals surface area contributed by atoms with E-state index in [9.17, 15) is 8.42 Å². The van der Waals surface area contributed by atoms with Crippen molar-refractivity contribution in [1.29, 1.82) is 0 Å². The molecule has 0 atom stereocenters. The van der Waals surface area contributed by atoms with Crippen LogP contribution in [0, 0.1) is 6.92 Å². The second-order valence-electron chi connectivity index (χ2n) is 3.23. The van der Waals surface area contributed by atoms with Crippen molar-refractivity contribution in [2.24, 2.45) is 0 Å². The molecule has 0 spiro atoms. The predicted octanol–water partition coefficient (Wildman–Crippen LogP) is 1.83. The second-order valence-corrected chi connectivity index (χ2v) is 5.24. The van der Waals surface area contributed by atoms with Gasteiger partial charge >= 0.3 is 0 Å². The third-order valence-corrected chi connectivity index (χ3v) is 3.67. The molecule has 6 nitrogen and oxygen atoms in total. The van der Waals surface area contributed by atoms with Gasteiger partial charge in [0.1, 0.15) is 10.0 Å². The Morgan fingerprint density at radius 1 is 1.47 bits per heavy atom. The Morgan fingerprint density at radius 3 is 2.82 bits per heavy atom. The number of hydrogen-bond acceptors (Lipinski definition) is 5. The van der Waals surface area contributed by atoms with Gasteiger partial charge < -0.3 is 4.52 Å². The Balaban J connectivity index is 2.35. The Morgan fingerprint density at radius 2 is 2.24 bits per heavy atom. The maximum absolute atomic E-state index is 11.9. The zero-order chi connectivity index (χ0) is 12.5. The van der Waals surface area contributed by atoms with Crippen molar-refractivity contribution in [2.45, 2.75) is 11.8 Å². The molecule has 2 aromatic rings. The van der Waals surface area contributed by atoms with E-state index in [-0.39, 0.29) is 15.9 Å². The summed E-state index contributed by atoms with van der Waals surface area (Å²) in [7, 11) is -3.81. The van der Waals surface area contributed by atoms with Gasteiger partial charge in [0.25, 0.3) is 10.0 Å². The van der Waals surface area contributed by atoms with E-state index in [2.05, 4.69) is 14.9 Å². The highest BCUT2D eigenvalue weighted by molar-refractivity contribution is 7.92. The van der Waals surface area contributed by atoms with E-state index in [0.29, 0.717) is 5.69 Å². The second kappa shape index (κ2) is 4.34. The summed E-state index contributed by atoms with van der Waals surface area (Å²) in [5.74, 6) is 0.0300. The molecule has 0 radical (unpaired) electrons. The highest BCUT2D eigenvalue weighted by Gasteiger charge is 2.20. The topological polar surface area (TPSA) is 85.1 Å². The number of pyridine rings is 1. The Bertz CT molecular complexity index is 638. The first-order valence-corrected chi connectivity index (χ1v) is 6.42. The van der Waals surface area contributed by atoms with Crippen LogP contribution in [0.1, 0.15) is 5.69 Å². The minimum absolute atomic E-state index is 0.0300. The smallest absolute Gasteiger partial charge is 0.267 e. The Kier molecular flexibility index (Phi) is 3.03. The first kappa shape index (κ1) is 11.9. The third kappa shape index (κ3) is 2.56. The molecule has 0 aliphatic carbocycles. The van der Waals surface area contributed by atoms with Gasteiger partial charge in [-0.25, -0.2) is 18.1 Å². The standard InChI is InChI=1S/C9H8ClN3O3S/c1-6-5-8(16-12-6)13-17(14,15)7-3-2-4-11-9(7)10/h2-5,13H,1H3. The summed E-state index contributed by atoms with van der Waals surface area (Å²) >= 11 is 5.70. The fraction of sp³-hybridized carbons (Fsp3) is 0.111. The molecular formula is C9H8ClN3O3S. The van der Waals surface area contributed by atoms with Gasteiger partial charge in [-0.2, -0.15) is 0 Å². The number of nitrogens with one attached hydrogen (secondary N) is 1. The number of hydrogen-bond donors (Lipinski definition) is 1. The third-order valence-electron chi connectivity index (χ3n) is 1.88. The van der Waals surface area contributed by atoms with Crippen molar-refractivity contribution < 1.29 is 12.9 Å². The van der Waals surface area contributed by atoms with Crippen LogP contribution in [0.15, 0.2) is 33.8 Å². The van der Waals surface area contributed by atoms with E-state index in [1.54, 1.807) is 6.92 Å². The van der Waals surface area contributed by atoms with Gasteiger partial charge in [-0.05, 0) is 19.1 Å². The summed E-state index contributed by atoms with van der Waals surface area (Å²) in [4.78, 5) is 3.58. The fourth-order valence-electron chi connectivity index (χ4n) is 1.17. The SMILES string of the molecule is Cc1cc(NS(=O)(=O)c2cccnc2Cl)on1. The van der Waals surface area contributed by atoms with Crippen LogP contribution < -0.4 is 4.72 Å². The molecule has 0 unspecified atom stereocenters. The average Bonchev–Trinajstić information content (AvgIpc) is 2.63. The number of nitrogens with zero attached hydrogens (tertiary/aromatic N) is 2. The highest BCUT2D eigenvalue weighted by Crippen LogP contribution is 2.21. The molecule has 0 saturated heterocycles.